The summed E-state index contributed by atoms with van der Waals surface area (Å²) in [7, 11) is 0. The van der Waals surface area contributed by atoms with Crippen LogP contribution < -0.4 is 10.6 Å². The number of nitrogens with zero attached hydrogens (tertiary/aromatic N) is 1. The minimum Gasteiger partial charge on any atom is -0.396 e. The number of urea groups is 1. The van der Waals surface area contributed by atoms with Crippen molar-refractivity contribution in [1.29, 1.82) is 0 Å². The number of carbonyl (C=O) groups is 1. The molecule has 0 saturated carbocycles. The fourth-order valence-electron chi connectivity index (χ4n) is 1.84. The average Bonchev–Trinajstić information content (AvgIpc) is 2.51. The monoisotopic (exact) mass is 289 g/mol. The lowest BCUT2D eigenvalue weighted by atomic mass is 10.0. The third-order valence-corrected chi connectivity index (χ3v) is 2.97. The van der Waals surface area contributed by atoms with E-state index in [1.54, 1.807) is 0 Å². The van der Waals surface area contributed by atoms with E-state index >= 15 is 0 Å². The number of hydrogen-bond acceptors (Lipinski definition) is 3. The Balaban J connectivity index is 1.86. The lowest BCUT2D eigenvalue weighted by molar-refractivity contribution is 0.243. The molecule has 2 amide bonds. The second-order valence-electron chi connectivity index (χ2n) is 4.49. The number of carbonyl (C=O) groups excluding carboxylic acids is 1. The Kier molecular flexibility index (Phi) is 5.22. The lowest BCUT2D eigenvalue weighted by Gasteiger charge is -2.15. The maximum atomic E-state index is 12.7. The van der Waals surface area contributed by atoms with Gasteiger partial charge in [-0.2, -0.15) is 0 Å². The highest BCUT2D eigenvalue weighted by atomic mass is 19.1. The molecule has 2 rings (SSSR count). The minimum absolute atomic E-state index is 0.0703. The van der Waals surface area contributed by atoms with Crippen molar-refractivity contribution in [1.82, 2.24) is 10.3 Å². The summed E-state index contributed by atoms with van der Waals surface area (Å²) in [5.41, 5.74) is 0.945. The first kappa shape index (κ1) is 14.9. The molecule has 1 aromatic heterocycles. The van der Waals surface area contributed by atoms with E-state index in [0.29, 0.717) is 0 Å². The van der Waals surface area contributed by atoms with Crippen molar-refractivity contribution < 1.29 is 14.3 Å². The third kappa shape index (κ3) is 4.54. The molecule has 0 unspecified atom stereocenters. The number of anilines is 1. The summed E-state index contributed by atoms with van der Waals surface area (Å²) < 4.78 is 12.7. The number of amides is 2. The highest BCUT2D eigenvalue weighted by Gasteiger charge is 2.11. The number of hydrogen-bond donors (Lipinski definition) is 3. The normalized spacial score (nSPS) is 11.7. The van der Waals surface area contributed by atoms with E-state index in [-0.39, 0.29) is 24.9 Å². The van der Waals surface area contributed by atoms with Crippen molar-refractivity contribution in [3.63, 3.8) is 0 Å². The van der Waals surface area contributed by atoms with E-state index in [4.69, 9.17) is 0 Å². The molecule has 0 aliphatic carbocycles. The van der Waals surface area contributed by atoms with Crippen molar-refractivity contribution >= 4 is 11.8 Å². The molecule has 3 N–H and O–H groups in total. The van der Waals surface area contributed by atoms with Gasteiger partial charge in [0, 0.05) is 12.5 Å². The molecule has 0 saturated heterocycles. The summed E-state index contributed by atoms with van der Waals surface area (Å²) >= 11 is 0. The van der Waals surface area contributed by atoms with E-state index < -0.39 is 11.8 Å². The Morgan fingerprint density at radius 1 is 1.24 bits per heavy atom. The zero-order chi connectivity index (χ0) is 15.1. The SMILES string of the molecule is O=C(NC[C@H](CO)c1ccccc1)Nc1ccc(F)cn1. The predicted molar refractivity (Wildman–Crippen MR) is 77.5 cm³/mol. The second kappa shape index (κ2) is 7.35. The van der Waals surface area contributed by atoms with Crippen molar-refractivity contribution in [2.75, 3.05) is 18.5 Å². The highest BCUT2D eigenvalue weighted by molar-refractivity contribution is 5.88. The summed E-state index contributed by atoms with van der Waals surface area (Å²) in [6.07, 6.45) is 1.02. The molecule has 0 spiro atoms. The summed E-state index contributed by atoms with van der Waals surface area (Å²) in [5.74, 6) is -0.391. The summed E-state index contributed by atoms with van der Waals surface area (Å²) in [5, 5.41) is 14.5. The van der Waals surface area contributed by atoms with Gasteiger partial charge in [0.05, 0.1) is 12.8 Å². The molecule has 1 heterocycles. The fraction of sp³-hybridized carbons (Fsp3) is 0.200. The molecule has 1 aromatic carbocycles. The zero-order valence-corrected chi connectivity index (χ0v) is 11.3. The summed E-state index contributed by atoms with van der Waals surface area (Å²) in [6, 6.07) is 11.5. The molecule has 1 atom stereocenters. The van der Waals surface area contributed by atoms with Crippen LogP contribution in [0.25, 0.3) is 0 Å². The number of nitrogens with one attached hydrogen (secondary N) is 2. The quantitative estimate of drug-likeness (QED) is 0.789. The molecule has 2 aromatic rings. The topological polar surface area (TPSA) is 74.2 Å². The van der Waals surface area contributed by atoms with Crippen LogP contribution in [0.15, 0.2) is 48.7 Å². The summed E-state index contributed by atoms with van der Waals surface area (Å²) in [4.78, 5) is 15.4. The van der Waals surface area contributed by atoms with Crippen LogP contribution in [0.1, 0.15) is 11.5 Å². The average molecular weight is 289 g/mol. The Morgan fingerprint density at radius 2 is 2.00 bits per heavy atom. The van der Waals surface area contributed by atoms with Crippen molar-refractivity contribution in [3.05, 3.63) is 60.0 Å². The Morgan fingerprint density at radius 3 is 2.62 bits per heavy atom. The van der Waals surface area contributed by atoms with Gasteiger partial charge in [0.25, 0.3) is 0 Å². The third-order valence-electron chi connectivity index (χ3n) is 2.97. The Bertz CT molecular complexity index is 575. The van der Waals surface area contributed by atoms with Gasteiger partial charge in [0.15, 0.2) is 0 Å². The summed E-state index contributed by atoms with van der Waals surface area (Å²) in [6.45, 7) is 0.215. The van der Waals surface area contributed by atoms with Crippen LogP contribution in [-0.2, 0) is 0 Å². The van der Waals surface area contributed by atoms with Crippen molar-refractivity contribution in [2.45, 2.75) is 5.92 Å². The molecule has 0 aliphatic rings. The van der Waals surface area contributed by atoms with Gasteiger partial charge in [-0.25, -0.2) is 14.2 Å². The second-order valence-corrected chi connectivity index (χ2v) is 4.49. The molecule has 110 valence electrons. The van der Waals surface area contributed by atoms with Gasteiger partial charge in [-0.05, 0) is 17.7 Å². The number of halogens is 1. The molecule has 0 fully saturated rings. The maximum Gasteiger partial charge on any atom is 0.320 e. The van der Waals surface area contributed by atoms with E-state index in [2.05, 4.69) is 15.6 Å². The number of aliphatic hydroxyl groups is 1. The van der Waals surface area contributed by atoms with Gasteiger partial charge in [-0.1, -0.05) is 30.3 Å². The fourth-order valence-corrected chi connectivity index (χ4v) is 1.84. The molecular weight excluding hydrogens is 273 g/mol. The largest absolute Gasteiger partial charge is 0.396 e. The van der Waals surface area contributed by atoms with Gasteiger partial charge in [-0.15, -0.1) is 0 Å². The van der Waals surface area contributed by atoms with E-state index in [9.17, 15) is 14.3 Å². The van der Waals surface area contributed by atoms with Crippen LogP contribution in [0.4, 0.5) is 15.0 Å². The Labute approximate surface area is 121 Å². The van der Waals surface area contributed by atoms with Gasteiger partial charge in [-0.3, -0.25) is 5.32 Å². The maximum absolute atomic E-state index is 12.7. The first-order valence-electron chi connectivity index (χ1n) is 6.51. The van der Waals surface area contributed by atoms with Crippen LogP contribution in [-0.4, -0.2) is 29.3 Å². The van der Waals surface area contributed by atoms with Gasteiger partial charge in [0.1, 0.15) is 11.6 Å². The van der Waals surface area contributed by atoms with Crippen LogP contribution in [0.5, 0.6) is 0 Å². The van der Waals surface area contributed by atoms with Gasteiger partial charge >= 0.3 is 6.03 Å². The number of benzene rings is 1. The lowest BCUT2D eigenvalue weighted by Crippen LogP contribution is -2.33. The van der Waals surface area contributed by atoms with Gasteiger partial charge < -0.3 is 10.4 Å². The van der Waals surface area contributed by atoms with Crippen molar-refractivity contribution in [3.8, 4) is 0 Å². The highest BCUT2D eigenvalue weighted by Crippen LogP contribution is 2.13. The zero-order valence-electron chi connectivity index (χ0n) is 11.3. The van der Waals surface area contributed by atoms with Crippen molar-refractivity contribution in [2.24, 2.45) is 0 Å². The molecule has 0 radical (unpaired) electrons. The number of pyridine rings is 1. The Hall–Kier alpha value is -2.47. The number of aliphatic hydroxyl groups excluding tert-OH is 1. The van der Waals surface area contributed by atoms with Crippen LogP contribution in [0, 0.1) is 5.82 Å². The minimum atomic E-state index is -0.467. The first-order chi connectivity index (χ1) is 10.2. The van der Waals surface area contributed by atoms with Crippen LogP contribution >= 0.6 is 0 Å². The van der Waals surface area contributed by atoms with Crippen LogP contribution in [0.2, 0.25) is 0 Å². The first-order valence-corrected chi connectivity index (χ1v) is 6.51. The van der Waals surface area contributed by atoms with Crippen LogP contribution in [0.3, 0.4) is 0 Å². The molecule has 5 nitrogen and oxygen atoms in total. The standard InChI is InChI=1S/C15H16FN3O2/c16-13-6-7-14(17-9-13)19-15(21)18-8-12(10-20)11-4-2-1-3-5-11/h1-7,9,12,20H,8,10H2,(H2,17,18,19,21)/t12-/m1/s1. The molecule has 6 heteroatoms. The molecule has 0 bridgehead atoms. The molecule has 21 heavy (non-hydrogen) atoms. The number of aromatic nitrogens is 1. The smallest absolute Gasteiger partial charge is 0.320 e. The molecular formula is C15H16FN3O2. The molecule has 0 aliphatic heterocycles. The van der Waals surface area contributed by atoms with E-state index in [1.807, 2.05) is 30.3 Å². The number of rotatable bonds is 5. The van der Waals surface area contributed by atoms with Gasteiger partial charge in [0.2, 0.25) is 0 Å². The predicted octanol–water partition coefficient (Wildman–Crippen LogP) is 2.12. The van der Waals surface area contributed by atoms with E-state index in [0.717, 1.165) is 11.8 Å². The van der Waals surface area contributed by atoms with E-state index in [1.165, 1.54) is 12.1 Å².